The number of benzene rings is 1. The zero-order chi connectivity index (χ0) is 14.2. The fourth-order valence-corrected chi connectivity index (χ4v) is 3.02. The molecule has 0 atom stereocenters. The average molecular weight is 262 g/mol. The van der Waals surface area contributed by atoms with Crippen molar-refractivity contribution in [2.24, 2.45) is 11.1 Å². The van der Waals surface area contributed by atoms with Crippen molar-refractivity contribution in [1.82, 2.24) is 0 Å². The first-order valence-electron chi connectivity index (χ1n) is 7.00. The van der Waals surface area contributed by atoms with E-state index >= 15 is 0 Å². The van der Waals surface area contributed by atoms with E-state index < -0.39 is 0 Å². The average Bonchev–Trinajstić information content (AvgIpc) is 3.14. The second-order valence-corrected chi connectivity index (χ2v) is 6.05. The normalized spacial score (nSPS) is 16.3. The monoisotopic (exact) mass is 262 g/mol. The number of anilines is 1. The Bertz CT molecular complexity index is 478. The van der Waals surface area contributed by atoms with Gasteiger partial charge in [-0.1, -0.05) is 0 Å². The van der Waals surface area contributed by atoms with Crippen LogP contribution < -0.4 is 15.4 Å². The molecule has 1 aliphatic carbocycles. The molecule has 0 amide bonds. The van der Waals surface area contributed by atoms with Gasteiger partial charge in [-0.3, -0.25) is 0 Å². The van der Waals surface area contributed by atoms with Crippen molar-refractivity contribution < 1.29 is 4.74 Å². The molecule has 0 bridgehead atoms. The fraction of sp³-hybridized carbons (Fsp3) is 0.625. The number of ether oxygens (including phenoxy) is 1. The van der Waals surface area contributed by atoms with Crippen LogP contribution >= 0.6 is 0 Å². The van der Waals surface area contributed by atoms with E-state index in [2.05, 4.69) is 38.8 Å². The second-order valence-electron chi connectivity index (χ2n) is 6.05. The predicted octanol–water partition coefficient (Wildman–Crippen LogP) is 2.80. The van der Waals surface area contributed by atoms with Crippen LogP contribution in [0.1, 0.15) is 29.5 Å². The van der Waals surface area contributed by atoms with E-state index in [1.807, 2.05) is 0 Å². The highest BCUT2D eigenvalue weighted by molar-refractivity contribution is 5.64. The molecule has 1 saturated carbocycles. The summed E-state index contributed by atoms with van der Waals surface area (Å²) in [5, 5.41) is 0. The van der Waals surface area contributed by atoms with Crippen LogP contribution in [0.3, 0.4) is 0 Å². The Balaban J connectivity index is 2.31. The summed E-state index contributed by atoms with van der Waals surface area (Å²) in [6.45, 7) is 8.31. The Hall–Kier alpha value is -1.22. The molecular weight excluding hydrogens is 236 g/mol. The summed E-state index contributed by atoms with van der Waals surface area (Å²) in [5.41, 5.74) is 11.4. The minimum atomic E-state index is 0.363. The van der Waals surface area contributed by atoms with Gasteiger partial charge < -0.3 is 15.4 Å². The van der Waals surface area contributed by atoms with Crippen LogP contribution in [0.5, 0.6) is 5.75 Å². The van der Waals surface area contributed by atoms with Gasteiger partial charge in [-0.2, -0.15) is 0 Å². The van der Waals surface area contributed by atoms with E-state index in [1.165, 1.54) is 35.2 Å². The van der Waals surface area contributed by atoms with Crippen molar-refractivity contribution in [3.63, 3.8) is 0 Å². The van der Waals surface area contributed by atoms with Crippen LogP contribution in [-0.4, -0.2) is 27.2 Å². The molecule has 106 valence electrons. The lowest BCUT2D eigenvalue weighted by Crippen LogP contribution is -2.32. The van der Waals surface area contributed by atoms with Gasteiger partial charge in [0, 0.05) is 24.7 Å². The molecule has 1 aromatic rings. The smallest absolute Gasteiger partial charge is 0.122 e. The van der Waals surface area contributed by atoms with Crippen molar-refractivity contribution in [3.8, 4) is 5.75 Å². The summed E-state index contributed by atoms with van der Waals surface area (Å²) in [6, 6.07) is 2.14. The summed E-state index contributed by atoms with van der Waals surface area (Å²) in [5.74, 6) is 0.979. The maximum absolute atomic E-state index is 5.90. The third-order valence-electron chi connectivity index (χ3n) is 4.57. The zero-order valence-corrected chi connectivity index (χ0v) is 12.8. The molecule has 1 aliphatic rings. The lowest BCUT2D eigenvalue weighted by atomic mass is 9.99. The number of hydrogen-bond acceptors (Lipinski definition) is 3. The highest BCUT2D eigenvalue weighted by Crippen LogP contribution is 2.46. The number of rotatable bonds is 5. The molecule has 0 unspecified atom stereocenters. The van der Waals surface area contributed by atoms with E-state index in [-0.39, 0.29) is 0 Å². The quantitative estimate of drug-likeness (QED) is 0.887. The van der Waals surface area contributed by atoms with Crippen LogP contribution in [0.15, 0.2) is 6.07 Å². The van der Waals surface area contributed by atoms with Crippen LogP contribution in [0.4, 0.5) is 5.69 Å². The third-order valence-corrected chi connectivity index (χ3v) is 4.57. The van der Waals surface area contributed by atoms with Crippen LogP contribution in [0.25, 0.3) is 0 Å². The van der Waals surface area contributed by atoms with Crippen LogP contribution in [-0.2, 0) is 0 Å². The van der Waals surface area contributed by atoms with E-state index in [1.54, 1.807) is 7.11 Å². The van der Waals surface area contributed by atoms with Gasteiger partial charge in [-0.25, -0.2) is 0 Å². The molecule has 1 aromatic carbocycles. The first kappa shape index (κ1) is 14.2. The SMILES string of the molecule is COc1cc(C)c(N(C)CC2(CN)CC2)c(C)c1C. The number of methoxy groups -OCH3 is 1. The summed E-state index contributed by atoms with van der Waals surface area (Å²) in [6.07, 6.45) is 2.53. The third kappa shape index (κ3) is 2.57. The number of nitrogens with zero attached hydrogens (tertiary/aromatic N) is 1. The number of aryl methyl sites for hydroxylation is 1. The van der Waals surface area contributed by atoms with Gasteiger partial charge in [-0.05, 0) is 62.9 Å². The highest BCUT2D eigenvalue weighted by Gasteiger charge is 2.42. The molecule has 3 nitrogen and oxygen atoms in total. The van der Waals surface area contributed by atoms with Crippen molar-refractivity contribution >= 4 is 5.69 Å². The Labute approximate surface area is 116 Å². The van der Waals surface area contributed by atoms with Gasteiger partial charge in [0.25, 0.3) is 0 Å². The molecule has 0 spiro atoms. The van der Waals surface area contributed by atoms with E-state index in [0.29, 0.717) is 5.41 Å². The summed E-state index contributed by atoms with van der Waals surface area (Å²) in [7, 11) is 3.91. The summed E-state index contributed by atoms with van der Waals surface area (Å²) < 4.78 is 5.44. The maximum Gasteiger partial charge on any atom is 0.122 e. The standard InChI is InChI=1S/C16H26N2O/c1-11-8-14(19-5)12(2)13(3)15(11)18(4)10-16(9-17)6-7-16/h8H,6-7,9-10,17H2,1-5H3. The molecule has 19 heavy (non-hydrogen) atoms. The second kappa shape index (κ2) is 5.04. The topological polar surface area (TPSA) is 38.5 Å². The van der Waals surface area contributed by atoms with Gasteiger partial charge in [0.15, 0.2) is 0 Å². The number of nitrogens with two attached hydrogens (primary N) is 1. The molecule has 2 N–H and O–H groups in total. The number of hydrogen-bond donors (Lipinski definition) is 1. The van der Waals surface area contributed by atoms with Gasteiger partial charge in [0.05, 0.1) is 7.11 Å². The van der Waals surface area contributed by atoms with Crippen LogP contribution in [0.2, 0.25) is 0 Å². The highest BCUT2D eigenvalue weighted by atomic mass is 16.5. The molecule has 0 heterocycles. The van der Waals surface area contributed by atoms with Gasteiger partial charge in [0.2, 0.25) is 0 Å². The van der Waals surface area contributed by atoms with E-state index in [9.17, 15) is 0 Å². The predicted molar refractivity (Wildman–Crippen MR) is 81.2 cm³/mol. The first-order chi connectivity index (χ1) is 8.94. The Morgan fingerprint density at radius 1 is 1.26 bits per heavy atom. The lowest BCUT2D eigenvalue weighted by molar-refractivity contribution is 0.411. The van der Waals surface area contributed by atoms with Gasteiger partial charge >= 0.3 is 0 Å². The van der Waals surface area contributed by atoms with Crippen molar-refractivity contribution in [2.45, 2.75) is 33.6 Å². The zero-order valence-electron chi connectivity index (χ0n) is 12.8. The molecular formula is C16H26N2O. The van der Waals surface area contributed by atoms with Gasteiger partial charge in [0.1, 0.15) is 5.75 Å². The molecule has 0 aliphatic heterocycles. The molecule has 1 fully saturated rings. The summed E-state index contributed by atoms with van der Waals surface area (Å²) in [4.78, 5) is 2.37. The minimum Gasteiger partial charge on any atom is -0.496 e. The lowest BCUT2D eigenvalue weighted by Gasteiger charge is -2.29. The van der Waals surface area contributed by atoms with Crippen molar-refractivity contribution in [3.05, 3.63) is 22.8 Å². The molecule has 0 saturated heterocycles. The van der Waals surface area contributed by atoms with E-state index in [4.69, 9.17) is 10.5 Å². The summed E-state index contributed by atoms with van der Waals surface area (Å²) >= 11 is 0. The van der Waals surface area contributed by atoms with Crippen LogP contribution in [0, 0.1) is 26.2 Å². The maximum atomic E-state index is 5.90. The van der Waals surface area contributed by atoms with Crippen molar-refractivity contribution in [2.75, 3.05) is 32.1 Å². The molecule has 3 heteroatoms. The van der Waals surface area contributed by atoms with E-state index in [0.717, 1.165) is 18.8 Å². The Morgan fingerprint density at radius 2 is 1.89 bits per heavy atom. The molecule has 2 rings (SSSR count). The first-order valence-corrected chi connectivity index (χ1v) is 7.00. The fourth-order valence-electron chi connectivity index (χ4n) is 3.02. The molecule has 0 aromatic heterocycles. The van der Waals surface area contributed by atoms with Gasteiger partial charge in [-0.15, -0.1) is 0 Å². The molecule has 0 radical (unpaired) electrons. The minimum absolute atomic E-state index is 0.363. The largest absolute Gasteiger partial charge is 0.496 e. The van der Waals surface area contributed by atoms with Crippen molar-refractivity contribution in [1.29, 1.82) is 0 Å². The Kier molecular flexibility index (Phi) is 3.77. The Morgan fingerprint density at radius 3 is 2.37 bits per heavy atom.